The number of para-hydroxylation sites is 1. The lowest BCUT2D eigenvalue weighted by Gasteiger charge is -2.11. The van der Waals surface area contributed by atoms with Crippen molar-refractivity contribution in [3.8, 4) is 0 Å². The molecule has 0 aliphatic heterocycles. The first-order valence-corrected chi connectivity index (χ1v) is 13.8. The minimum atomic E-state index is -4.74. The summed E-state index contributed by atoms with van der Waals surface area (Å²) in [5.41, 5.74) is 2.09. The predicted octanol–water partition coefficient (Wildman–Crippen LogP) is 6.65. The smallest absolute Gasteiger partial charge is 0.296 e. The van der Waals surface area contributed by atoms with E-state index in [1.165, 1.54) is 18.2 Å². The van der Waals surface area contributed by atoms with E-state index in [1.807, 2.05) is 60.7 Å². The third-order valence-electron chi connectivity index (χ3n) is 5.68. The number of fused-ring (bicyclic) bond motifs is 2. The van der Waals surface area contributed by atoms with Gasteiger partial charge in [0.25, 0.3) is 20.2 Å². The van der Waals surface area contributed by atoms with Crippen LogP contribution >= 0.6 is 0 Å². The van der Waals surface area contributed by atoms with E-state index >= 15 is 0 Å². The minimum absolute atomic E-state index is 0.134. The number of benzene rings is 5. The predicted molar refractivity (Wildman–Crippen MR) is 141 cm³/mol. The van der Waals surface area contributed by atoms with E-state index in [0.717, 1.165) is 34.3 Å². The lowest BCUT2D eigenvalue weighted by atomic mass is 10.1. The Balaban J connectivity index is 1.60. The summed E-state index contributed by atoms with van der Waals surface area (Å²) >= 11 is 0. The van der Waals surface area contributed by atoms with Gasteiger partial charge in [0.05, 0.1) is 10.6 Å². The molecule has 0 fully saturated rings. The quantitative estimate of drug-likeness (QED) is 0.164. The van der Waals surface area contributed by atoms with Gasteiger partial charge in [0.1, 0.15) is 10.6 Å². The molecular weight excluding hydrogens is 514 g/mol. The zero-order valence-corrected chi connectivity index (χ0v) is 20.6. The van der Waals surface area contributed by atoms with Gasteiger partial charge in [-0.3, -0.25) is 9.11 Å². The van der Waals surface area contributed by atoms with Crippen molar-refractivity contribution < 1.29 is 25.9 Å². The summed E-state index contributed by atoms with van der Waals surface area (Å²) in [7, 11) is -9.24. The average molecular weight is 534 g/mol. The van der Waals surface area contributed by atoms with Crippen molar-refractivity contribution in [1.29, 1.82) is 0 Å². The number of rotatable bonds is 6. The second-order valence-electron chi connectivity index (χ2n) is 8.15. The lowest BCUT2D eigenvalue weighted by molar-refractivity contribution is 0.481. The van der Waals surface area contributed by atoms with Crippen LogP contribution in [0.25, 0.3) is 21.5 Å². The van der Waals surface area contributed by atoms with Crippen LogP contribution in [0.15, 0.2) is 117 Å². The first kappa shape index (κ1) is 24.5. The van der Waals surface area contributed by atoms with Gasteiger partial charge in [0.2, 0.25) is 0 Å². The molecule has 186 valence electrons. The van der Waals surface area contributed by atoms with Gasteiger partial charge in [0.15, 0.2) is 0 Å². The van der Waals surface area contributed by atoms with Crippen LogP contribution in [0.3, 0.4) is 0 Å². The van der Waals surface area contributed by atoms with Crippen molar-refractivity contribution in [3.05, 3.63) is 97.1 Å². The zero-order chi connectivity index (χ0) is 26.2. The Hall–Kier alpha value is -4.16. The maximum atomic E-state index is 12.1. The highest BCUT2D eigenvalue weighted by atomic mass is 32.2. The fourth-order valence-electron chi connectivity index (χ4n) is 3.95. The van der Waals surface area contributed by atoms with Gasteiger partial charge in [-0.05, 0) is 59.3 Å². The van der Waals surface area contributed by atoms with E-state index in [-0.39, 0.29) is 11.1 Å². The highest BCUT2D eigenvalue weighted by Gasteiger charge is 2.19. The molecule has 0 amide bonds. The van der Waals surface area contributed by atoms with Crippen molar-refractivity contribution in [2.45, 2.75) is 9.79 Å². The summed E-state index contributed by atoms with van der Waals surface area (Å²) in [6, 6.07) is 26.9. The SMILES string of the molecule is O=S(=O)(O)c1ccc2cc(N=Nc3ccc(Nc4ccccc4)c4ccccc34)c(S(=O)(=O)O)cc2c1. The standard InChI is InChI=1S/C26H19N3O6S2/c30-36(31,32)20-11-10-17-15-25(26(37(33,34)35)16-18(17)14-20)29-28-24-13-12-23(21-8-4-5-9-22(21)24)27-19-6-2-1-3-7-19/h1-16,27H,(H,30,31,32)(H,33,34,35). The molecule has 0 heterocycles. The Bertz CT molecular complexity index is 1910. The van der Waals surface area contributed by atoms with Crippen molar-refractivity contribution >= 4 is 64.5 Å². The molecule has 11 heteroatoms. The largest absolute Gasteiger partial charge is 0.355 e. The molecule has 5 aromatic rings. The highest BCUT2D eigenvalue weighted by molar-refractivity contribution is 7.86. The van der Waals surface area contributed by atoms with Gasteiger partial charge in [-0.2, -0.15) is 16.8 Å². The molecule has 9 nitrogen and oxygen atoms in total. The van der Waals surface area contributed by atoms with Gasteiger partial charge in [-0.15, -0.1) is 10.2 Å². The average Bonchev–Trinajstić information content (AvgIpc) is 2.87. The first-order valence-electron chi connectivity index (χ1n) is 10.9. The molecule has 0 aliphatic carbocycles. The molecule has 0 unspecified atom stereocenters. The minimum Gasteiger partial charge on any atom is -0.355 e. The Morgan fingerprint density at radius 2 is 1.27 bits per heavy atom. The summed E-state index contributed by atoms with van der Waals surface area (Å²) in [4.78, 5) is -0.964. The van der Waals surface area contributed by atoms with Crippen molar-refractivity contribution in [2.75, 3.05) is 5.32 Å². The van der Waals surface area contributed by atoms with Crippen LogP contribution in [0.5, 0.6) is 0 Å². The van der Waals surface area contributed by atoms with Gasteiger partial charge in [-0.1, -0.05) is 48.5 Å². The Kier molecular flexibility index (Phi) is 6.21. The van der Waals surface area contributed by atoms with Crippen LogP contribution in [0.2, 0.25) is 0 Å². The summed E-state index contributed by atoms with van der Waals surface area (Å²) in [6.07, 6.45) is 0. The molecule has 37 heavy (non-hydrogen) atoms. The Morgan fingerprint density at radius 1 is 0.595 bits per heavy atom. The maximum Gasteiger partial charge on any atom is 0.296 e. The van der Waals surface area contributed by atoms with E-state index in [0.29, 0.717) is 11.1 Å². The number of hydrogen-bond acceptors (Lipinski definition) is 7. The van der Waals surface area contributed by atoms with Crippen LogP contribution in [-0.2, 0) is 20.2 Å². The topological polar surface area (TPSA) is 145 Å². The zero-order valence-electron chi connectivity index (χ0n) is 19.0. The maximum absolute atomic E-state index is 12.1. The van der Waals surface area contributed by atoms with E-state index in [4.69, 9.17) is 0 Å². The van der Waals surface area contributed by atoms with Crippen molar-refractivity contribution in [2.24, 2.45) is 10.2 Å². The molecule has 0 saturated heterocycles. The number of hydrogen-bond donors (Lipinski definition) is 3. The summed E-state index contributed by atoms with van der Waals surface area (Å²) in [5, 5.41) is 14.0. The number of nitrogens with zero attached hydrogens (tertiary/aromatic N) is 2. The van der Waals surface area contributed by atoms with Crippen molar-refractivity contribution in [1.82, 2.24) is 0 Å². The molecule has 3 N–H and O–H groups in total. The number of nitrogens with one attached hydrogen (secondary N) is 1. The van der Waals surface area contributed by atoms with Crippen molar-refractivity contribution in [3.63, 3.8) is 0 Å². The molecule has 0 aliphatic rings. The molecule has 0 bridgehead atoms. The van der Waals surface area contributed by atoms with E-state index in [9.17, 15) is 25.9 Å². The monoisotopic (exact) mass is 533 g/mol. The van der Waals surface area contributed by atoms with E-state index < -0.39 is 30.0 Å². The molecule has 5 rings (SSSR count). The van der Waals surface area contributed by atoms with Gasteiger partial charge in [0, 0.05) is 22.1 Å². The Morgan fingerprint density at radius 3 is 1.97 bits per heavy atom. The van der Waals surface area contributed by atoms with E-state index in [2.05, 4.69) is 15.5 Å². The number of anilines is 2. The van der Waals surface area contributed by atoms with Crippen LogP contribution in [0.4, 0.5) is 22.7 Å². The van der Waals surface area contributed by atoms with Gasteiger partial charge in [-0.25, -0.2) is 0 Å². The highest BCUT2D eigenvalue weighted by Crippen LogP contribution is 2.36. The van der Waals surface area contributed by atoms with Gasteiger partial charge < -0.3 is 5.32 Å². The fraction of sp³-hybridized carbons (Fsp3) is 0. The molecular formula is C26H19N3O6S2. The van der Waals surface area contributed by atoms with Crippen LogP contribution in [-0.4, -0.2) is 25.9 Å². The fourth-order valence-corrected chi connectivity index (χ4v) is 5.11. The van der Waals surface area contributed by atoms with E-state index in [1.54, 1.807) is 6.07 Å². The second kappa shape index (κ2) is 9.37. The van der Waals surface area contributed by atoms with Crippen LogP contribution in [0.1, 0.15) is 0 Å². The number of azo groups is 1. The van der Waals surface area contributed by atoms with Crippen LogP contribution < -0.4 is 5.32 Å². The molecule has 0 radical (unpaired) electrons. The van der Waals surface area contributed by atoms with Crippen LogP contribution in [0, 0.1) is 0 Å². The molecule has 0 aromatic heterocycles. The third-order valence-corrected chi connectivity index (χ3v) is 7.42. The van der Waals surface area contributed by atoms with Gasteiger partial charge >= 0.3 is 0 Å². The second-order valence-corrected chi connectivity index (χ2v) is 11.0. The summed E-state index contributed by atoms with van der Waals surface area (Å²) in [5.74, 6) is 0. The molecule has 0 saturated carbocycles. The third kappa shape index (κ3) is 5.20. The normalized spacial score (nSPS) is 12.4. The molecule has 0 spiro atoms. The molecule has 0 atom stereocenters. The summed E-state index contributed by atoms with van der Waals surface area (Å²) < 4.78 is 66.2. The lowest BCUT2D eigenvalue weighted by Crippen LogP contribution is -2.00. The Labute approximate surface area is 212 Å². The summed E-state index contributed by atoms with van der Waals surface area (Å²) in [6.45, 7) is 0. The molecule has 5 aromatic carbocycles. The first-order chi connectivity index (χ1) is 17.6.